The minimum Gasteiger partial charge on any atom is -0.390 e. The maximum Gasteiger partial charge on any atom is 0.219 e. The summed E-state index contributed by atoms with van der Waals surface area (Å²) in [6.45, 7) is 2.96. The average Bonchev–Trinajstić information content (AvgIpc) is 2.42. The molecule has 0 aromatic carbocycles. The molecule has 14 heavy (non-hydrogen) atoms. The lowest BCUT2D eigenvalue weighted by Crippen LogP contribution is -2.55. The minimum atomic E-state index is -0.290. The summed E-state index contributed by atoms with van der Waals surface area (Å²) < 4.78 is 5.70. The number of carbonyl (C=O) groups excluding carboxylic acids is 1. The SMILES string of the molecule is CC(=O)N1CC(O[C@@H]2CCC[C@H]2O)C1. The number of hydrogen-bond acceptors (Lipinski definition) is 3. The molecule has 0 radical (unpaired) electrons. The van der Waals surface area contributed by atoms with E-state index in [1.165, 1.54) is 0 Å². The van der Waals surface area contributed by atoms with Gasteiger partial charge in [0, 0.05) is 20.0 Å². The number of carbonyl (C=O) groups is 1. The second-order valence-electron chi connectivity index (χ2n) is 4.22. The quantitative estimate of drug-likeness (QED) is 0.688. The zero-order valence-electron chi connectivity index (χ0n) is 8.48. The van der Waals surface area contributed by atoms with Crippen molar-refractivity contribution in [3.8, 4) is 0 Å². The molecule has 0 spiro atoms. The highest BCUT2D eigenvalue weighted by molar-refractivity contribution is 5.74. The van der Waals surface area contributed by atoms with Crippen molar-refractivity contribution in [3.63, 3.8) is 0 Å². The number of likely N-dealkylation sites (tertiary alicyclic amines) is 1. The van der Waals surface area contributed by atoms with E-state index in [0.717, 1.165) is 19.3 Å². The van der Waals surface area contributed by atoms with Gasteiger partial charge in [-0.1, -0.05) is 0 Å². The fourth-order valence-electron chi connectivity index (χ4n) is 2.09. The van der Waals surface area contributed by atoms with E-state index in [1.807, 2.05) is 0 Å². The largest absolute Gasteiger partial charge is 0.390 e. The fourth-order valence-corrected chi connectivity index (χ4v) is 2.09. The van der Waals surface area contributed by atoms with Gasteiger partial charge in [0.25, 0.3) is 0 Å². The molecule has 1 aliphatic heterocycles. The number of aliphatic hydroxyl groups excluding tert-OH is 1. The number of hydrogen-bond donors (Lipinski definition) is 1. The first-order chi connectivity index (χ1) is 6.66. The molecule has 1 amide bonds. The molecule has 2 atom stereocenters. The summed E-state index contributed by atoms with van der Waals surface area (Å²) in [5.41, 5.74) is 0. The predicted octanol–water partition coefficient (Wildman–Crippen LogP) is 0.147. The Bertz CT molecular complexity index is 225. The summed E-state index contributed by atoms with van der Waals surface area (Å²) in [7, 11) is 0. The van der Waals surface area contributed by atoms with E-state index in [0.29, 0.717) is 13.1 Å². The molecular weight excluding hydrogens is 182 g/mol. The Morgan fingerprint density at radius 1 is 1.43 bits per heavy atom. The van der Waals surface area contributed by atoms with Gasteiger partial charge in [0.05, 0.1) is 18.3 Å². The molecule has 0 bridgehead atoms. The molecule has 2 fully saturated rings. The minimum absolute atomic E-state index is 0.00843. The Hall–Kier alpha value is -0.610. The van der Waals surface area contributed by atoms with Crippen molar-refractivity contribution in [1.82, 2.24) is 4.90 Å². The standard InChI is InChI=1S/C10H17NO3/c1-7(12)11-5-8(6-11)14-10-4-2-3-9(10)13/h8-10,13H,2-6H2,1H3/t9-,10-/m1/s1. The van der Waals surface area contributed by atoms with Crippen molar-refractivity contribution in [2.24, 2.45) is 0 Å². The third-order valence-electron chi connectivity index (χ3n) is 3.08. The summed E-state index contributed by atoms with van der Waals surface area (Å²) in [6, 6.07) is 0. The number of ether oxygens (including phenoxy) is 1. The second kappa shape index (κ2) is 3.87. The molecule has 1 heterocycles. The van der Waals surface area contributed by atoms with E-state index >= 15 is 0 Å². The third kappa shape index (κ3) is 1.91. The summed E-state index contributed by atoms with van der Waals surface area (Å²) in [5, 5.41) is 9.53. The first kappa shape index (κ1) is 9.93. The van der Waals surface area contributed by atoms with Gasteiger partial charge in [0.15, 0.2) is 0 Å². The van der Waals surface area contributed by atoms with Gasteiger partial charge in [-0.05, 0) is 19.3 Å². The molecule has 1 saturated carbocycles. The van der Waals surface area contributed by atoms with Gasteiger partial charge in [-0.15, -0.1) is 0 Å². The van der Waals surface area contributed by atoms with E-state index < -0.39 is 0 Å². The van der Waals surface area contributed by atoms with Gasteiger partial charge < -0.3 is 14.7 Å². The van der Waals surface area contributed by atoms with Crippen LogP contribution in [0.1, 0.15) is 26.2 Å². The Labute approximate surface area is 83.8 Å². The van der Waals surface area contributed by atoms with Gasteiger partial charge in [-0.25, -0.2) is 0 Å². The zero-order valence-corrected chi connectivity index (χ0v) is 8.48. The van der Waals surface area contributed by atoms with E-state index in [2.05, 4.69) is 0 Å². The molecule has 1 aliphatic carbocycles. The Kier molecular flexibility index (Phi) is 2.74. The predicted molar refractivity (Wildman–Crippen MR) is 50.8 cm³/mol. The first-order valence-electron chi connectivity index (χ1n) is 5.26. The van der Waals surface area contributed by atoms with Crippen LogP contribution in [-0.4, -0.2) is 47.3 Å². The molecule has 2 aliphatic rings. The number of aliphatic hydroxyl groups is 1. The lowest BCUT2D eigenvalue weighted by molar-refractivity contribution is -0.152. The third-order valence-corrected chi connectivity index (χ3v) is 3.08. The zero-order chi connectivity index (χ0) is 10.1. The lowest BCUT2D eigenvalue weighted by atomic mass is 10.1. The van der Waals surface area contributed by atoms with Crippen molar-refractivity contribution in [3.05, 3.63) is 0 Å². The van der Waals surface area contributed by atoms with E-state index in [4.69, 9.17) is 4.74 Å². The Morgan fingerprint density at radius 2 is 2.14 bits per heavy atom. The molecule has 0 aromatic rings. The van der Waals surface area contributed by atoms with Crippen LogP contribution < -0.4 is 0 Å². The number of nitrogens with zero attached hydrogens (tertiary/aromatic N) is 1. The van der Waals surface area contributed by atoms with Crippen LogP contribution in [-0.2, 0) is 9.53 Å². The van der Waals surface area contributed by atoms with Gasteiger partial charge >= 0.3 is 0 Å². The van der Waals surface area contributed by atoms with Crippen LogP contribution in [0.25, 0.3) is 0 Å². The Balaban J connectivity index is 1.71. The van der Waals surface area contributed by atoms with Gasteiger partial charge in [0.2, 0.25) is 5.91 Å². The van der Waals surface area contributed by atoms with E-state index in [9.17, 15) is 9.90 Å². The van der Waals surface area contributed by atoms with Crippen molar-refractivity contribution >= 4 is 5.91 Å². The van der Waals surface area contributed by atoms with Crippen molar-refractivity contribution in [2.45, 2.75) is 44.5 Å². The smallest absolute Gasteiger partial charge is 0.219 e. The first-order valence-corrected chi connectivity index (χ1v) is 5.26. The molecule has 0 unspecified atom stereocenters. The molecule has 1 saturated heterocycles. The highest BCUT2D eigenvalue weighted by atomic mass is 16.5. The van der Waals surface area contributed by atoms with Crippen LogP contribution in [0.5, 0.6) is 0 Å². The van der Waals surface area contributed by atoms with Crippen LogP contribution in [0, 0.1) is 0 Å². The topological polar surface area (TPSA) is 49.8 Å². The second-order valence-corrected chi connectivity index (χ2v) is 4.22. The molecular formula is C10H17NO3. The summed E-state index contributed by atoms with van der Waals surface area (Å²) in [5.74, 6) is 0.108. The van der Waals surface area contributed by atoms with Crippen molar-refractivity contribution in [2.75, 3.05) is 13.1 Å². The summed E-state index contributed by atoms with van der Waals surface area (Å²) >= 11 is 0. The fraction of sp³-hybridized carbons (Fsp3) is 0.900. The maximum atomic E-state index is 10.9. The number of amides is 1. The van der Waals surface area contributed by atoms with Crippen LogP contribution in [0.15, 0.2) is 0 Å². The lowest BCUT2D eigenvalue weighted by Gasteiger charge is -2.40. The van der Waals surface area contributed by atoms with Crippen LogP contribution >= 0.6 is 0 Å². The van der Waals surface area contributed by atoms with Gasteiger partial charge in [-0.3, -0.25) is 4.79 Å². The van der Waals surface area contributed by atoms with Crippen molar-refractivity contribution < 1.29 is 14.6 Å². The van der Waals surface area contributed by atoms with Crippen LogP contribution in [0.3, 0.4) is 0 Å². The average molecular weight is 199 g/mol. The van der Waals surface area contributed by atoms with E-state index in [-0.39, 0.29) is 24.2 Å². The highest BCUT2D eigenvalue weighted by Gasteiger charge is 2.35. The maximum absolute atomic E-state index is 10.9. The molecule has 4 heteroatoms. The Morgan fingerprint density at radius 3 is 2.64 bits per heavy atom. The number of rotatable bonds is 2. The normalized spacial score (nSPS) is 33.1. The monoisotopic (exact) mass is 199 g/mol. The molecule has 1 N–H and O–H groups in total. The summed E-state index contributed by atoms with van der Waals surface area (Å²) in [4.78, 5) is 12.7. The van der Waals surface area contributed by atoms with Gasteiger partial charge in [-0.2, -0.15) is 0 Å². The van der Waals surface area contributed by atoms with E-state index in [1.54, 1.807) is 11.8 Å². The highest BCUT2D eigenvalue weighted by Crippen LogP contribution is 2.25. The van der Waals surface area contributed by atoms with Crippen LogP contribution in [0.4, 0.5) is 0 Å². The molecule has 2 rings (SSSR count). The molecule has 4 nitrogen and oxygen atoms in total. The molecule has 0 aromatic heterocycles. The van der Waals surface area contributed by atoms with Crippen LogP contribution in [0.2, 0.25) is 0 Å². The molecule has 80 valence electrons. The summed E-state index contributed by atoms with van der Waals surface area (Å²) in [6.07, 6.45) is 2.73. The van der Waals surface area contributed by atoms with Crippen molar-refractivity contribution in [1.29, 1.82) is 0 Å². The van der Waals surface area contributed by atoms with Gasteiger partial charge in [0.1, 0.15) is 0 Å².